The first kappa shape index (κ1) is 27.4. The zero-order valence-corrected chi connectivity index (χ0v) is 22.5. The Bertz CT molecular complexity index is 2020. The van der Waals surface area contributed by atoms with Crippen LogP contribution < -0.4 is 16.2 Å². The van der Waals surface area contributed by atoms with Gasteiger partial charge in [-0.15, -0.1) is 0 Å². The van der Waals surface area contributed by atoms with Gasteiger partial charge in [-0.2, -0.15) is 4.98 Å². The molecule has 3 N–H and O–H groups in total. The van der Waals surface area contributed by atoms with Gasteiger partial charge in [0.25, 0.3) is 11.5 Å². The Kier molecular flexibility index (Phi) is 7.16. The largest absolute Gasteiger partial charge is 0.347 e. The van der Waals surface area contributed by atoms with Gasteiger partial charge in [-0.05, 0) is 67.1 Å². The van der Waals surface area contributed by atoms with Gasteiger partial charge in [-0.1, -0.05) is 12.1 Å². The number of aryl methyl sites for hydroxylation is 1. The number of hydrogen-bond donors (Lipinski definition) is 3. The number of H-pyrrole nitrogens is 1. The predicted molar refractivity (Wildman–Crippen MR) is 155 cm³/mol. The third kappa shape index (κ3) is 5.45. The highest BCUT2D eigenvalue weighted by Gasteiger charge is 2.21. The molecule has 0 unspecified atom stereocenters. The number of amides is 1. The number of hydrogen-bond acceptors (Lipinski definition) is 6. The topological polar surface area (TPSA) is 118 Å². The molecular formula is C31H22F3N7O2. The van der Waals surface area contributed by atoms with E-state index in [4.69, 9.17) is 4.98 Å². The molecule has 0 saturated carbocycles. The smallest absolute Gasteiger partial charge is 0.256 e. The average Bonchev–Trinajstić information content (AvgIpc) is 3.52. The number of rotatable bonds is 7. The molecule has 0 radical (unpaired) electrons. The molecule has 0 bridgehead atoms. The highest BCUT2D eigenvalue weighted by atomic mass is 19.1. The first-order chi connectivity index (χ1) is 20.8. The van der Waals surface area contributed by atoms with E-state index < -0.39 is 34.6 Å². The Balaban J connectivity index is 1.53. The lowest BCUT2D eigenvalue weighted by Crippen LogP contribution is -2.21. The van der Waals surface area contributed by atoms with Crippen molar-refractivity contribution in [2.75, 3.05) is 10.6 Å². The SMILES string of the molecule is Cc1ccc(C(=O)Nc2ccc(F)cc2)cc1-c1nc(NCc2ncc[nH]2)nc2c1ccc(=O)n2-c1c(F)cccc1F. The first-order valence-corrected chi connectivity index (χ1v) is 13.1. The second kappa shape index (κ2) is 11.2. The maximum atomic E-state index is 15.0. The highest BCUT2D eigenvalue weighted by Crippen LogP contribution is 2.32. The minimum Gasteiger partial charge on any atom is -0.347 e. The van der Waals surface area contributed by atoms with Gasteiger partial charge in [0.1, 0.15) is 29.0 Å². The van der Waals surface area contributed by atoms with Gasteiger partial charge in [0.2, 0.25) is 5.95 Å². The second-order valence-corrected chi connectivity index (χ2v) is 9.59. The van der Waals surface area contributed by atoms with Crippen molar-refractivity contribution in [1.29, 1.82) is 0 Å². The Morgan fingerprint density at radius 1 is 0.953 bits per heavy atom. The van der Waals surface area contributed by atoms with Crippen LogP contribution in [0.15, 0.2) is 90.0 Å². The van der Waals surface area contributed by atoms with E-state index in [2.05, 4.69) is 25.6 Å². The molecule has 0 aliphatic rings. The average molecular weight is 582 g/mol. The molecule has 214 valence electrons. The molecule has 6 aromatic rings. The summed E-state index contributed by atoms with van der Waals surface area (Å²) in [4.78, 5) is 42.5. The number of nitrogens with zero attached hydrogens (tertiary/aromatic N) is 4. The van der Waals surface area contributed by atoms with Crippen LogP contribution in [0.25, 0.3) is 28.0 Å². The lowest BCUT2D eigenvalue weighted by Gasteiger charge is -2.16. The number of para-hydroxylation sites is 1. The molecule has 1 amide bonds. The number of fused-ring (bicyclic) bond motifs is 1. The molecule has 12 heteroatoms. The van der Waals surface area contributed by atoms with Crippen molar-refractivity contribution in [3.05, 3.63) is 130 Å². The van der Waals surface area contributed by atoms with E-state index in [-0.39, 0.29) is 23.7 Å². The number of anilines is 2. The van der Waals surface area contributed by atoms with E-state index in [1.165, 1.54) is 42.5 Å². The summed E-state index contributed by atoms with van der Waals surface area (Å²) in [6.07, 6.45) is 3.22. The summed E-state index contributed by atoms with van der Waals surface area (Å²) >= 11 is 0. The quantitative estimate of drug-likeness (QED) is 0.221. The minimum absolute atomic E-state index is 0.0514. The van der Waals surface area contributed by atoms with Crippen molar-refractivity contribution < 1.29 is 18.0 Å². The predicted octanol–water partition coefficient (Wildman–Crippen LogP) is 5.76. The molecule has 3 aromatic carbocycles. The Morgan fingerprint density at radius 3 is 2.44 bits per heavy atom. The fraction of sp³-hybridized carbons (Fsp3) is 0.0645. The van der Waals surface area contributed by atoms with Crippen LogP contribution >= 0.6 is 0 Å². The molecule has 0 atom stereocenters. The third-order valence-electron chi connectivity index (χ3n) is 6.74. The Morgan fingerprint density at radius 2 is 1.72 bits per heavy atom. The van der Waals surface area contributed by atoms with Crippen molar-refractivity contribution in [2.24, 2.45) is 0 Å². The third-order valence-corrected chi connectivity index (χ3v) is 6.74. The van der Waals surface area contributed by atoms with E-state index in [0.717, 1.165) is 22.3 Å². The lowest BCUT2D eigenvalue weighted by atomic mass is 9.99. The zero-order valence-electron chi connectivity index (χ0n) is 22.5. The van der Waals surface area contributed by atoms with Crippen molar-refractivity contribution >= 4 is 28.6 Å². The van der Waals surface area contributed by atoms with Gasteiger partial charge in [0.05, 0.1) is 12.2 Å². The highest BCUT2D eigenvalue weighted by molar-refractivity contribution is 6.05. The fourth-order valence-corrected chi connectivity index (χ4v) is 4.63. The van der Waals surface area contributed by atoms with Gasteiger partial charge in [0.15, 0.2) is 5.65 Å². The molecule has 6 rings (SSSR count). The minimum atomic E-state index is -0.949. The van der Waals surface area contributed by atoms with Crippen molar-refractivity contribution in [1.82, 2.24) is 24.5 Å². The normalized spacial score (nSPS) is 11.1. The van der Waals surface area contributed by atoms with E-state index in [0.29, 0.717) is 28.2 Å². The summed E-state index contributed by atoms with van der Waals surface area (Å²) < 4.78 is 44.1. The van der Waals surface area contributed by atoms with Crippen LogP contribution in [-0.2, 0) is 6.54 Å². The number of benzene rings is 3. The Labute approximate surface area is 242 Å². The van der Waals surface area contributed by atoms with Crippen molar-refractivity contribution in [3.8, 4) is 16.9 Å². The summed E-state index contributed by atoms with van der Waals surface area (Å²) in [5.41, 5.74) is 0.891. The van der Waals surface area contributed by atoms with Crippen LogP contribution in [0.4, 0.5) is 24.8 Å². The zero-order chi connectivity index (χ0) is 30.1. The van der Waals surface area contributed by atoms with E-state index in [1.54, 1.807) is 30.6 Å². The lowest BCUT2D eigenvalue weighted by molar-refractivity contribution is 0.102. The van der Waals surface area contributed by atoms with Gasteiger partial charge in [-0.25, -0.2) is 23.1 Å². The number of halogens is 3. The van der Waals surface area contributed by atoms with Crippen LogP contribution in [0.5, 0.6) is 0 Å². The molecule has 3 aromatic heterocycles. The molecule has 0 fully saturated rings. The van der Waals surface area contributed by atoms with E-state index >= 15 is 0 Å². The van der Waals surface area contributed by atoms with Crippen LogP contribution in [-0.4, -0.2) is 30.4 Å². The second-order valence-electron chi connectivity index (χ2n) is 9.59. The summed E-state index contributed by atoms with van der Waals surface area (Å²) in [6, 6.07) is 16.3. The number of aromatic nitrogens is 5. The van der Waals surface area contributed by atoms with Crippen molar-refractivity contribution in [2.45, 2.75) is 13.5 Å². The summed E-state index contributed by atoms with van der Waals surface area (Å²) in [5.74, 6) is -2.16. The number of aromatic amines is 1. The van der Waals surface area contributed by atoms with Gasteiger partial charge < -0.3 is 15.6 Å². The number of nitrogens with one attached hydrogen (secondary N) is 3. The molecule has 0 saturated heterocycles. The Hall–Kier alpha value is -5.78. The van der Waals surface area contributed by atoms with Crippen LogP contribution in [0.3, 0.4) is 0 Å². The van der Waals surface area contributed by atoms with Crippen LogP contribution in [0.2, 0.25) is 0 Å². The number of carbonyl (C=O) groups is 1. The monoisotopic (exact) mass is 581 g/mol. The van der Waals surface area contributed by atoms with Crippen LogP contribution in [0, 0.1) is 24.4 Å². The summed E-state index contributed by atoms with van der Waals surface area (Å²) in [7, 11) is 0. The van der Waals surface area contributed by atoms with E-state index in [9.17, 15) is 22.8 Å². The molecule has 0 spiro atoms. The molecule has 43 heavy (non-hydrogen) atoms. The standard InChI is InChI=1S/C31H22F3N7O2/c1-17-5-6-18(30(43)38-20-9-7-19(32)8-10-20)15-22(17)27-21-11-12-26(42)41(28-23(33)3-2-4-24(28)34)29(21)40-31(39-27)37-16-25-35-13-14-36-25/h2-15H,16H2,1H3,(H,35,36)(H,38,43)(H,37,39,40). The molecular weight excluding hydrogens is 559 g/mol. The summed E-state index contributed by atoms with van der Waals surface area (Å²) in [5, 5.41) is 6.08. The number of carbonyl (C=O) groups excluding carboxylic acids is 1. The fourth-order valence-electron chi connectivity index (χ4n) is 4.63. The maximum absolute atomic E-state index is 15.0. The molecule has 3 heterocycles. The number of pyridine rings is 1. The molecule has 0 aliphatic carbocycles. The van der Waals surface area contributed by atoms with Crippen LogP contribution in [0.1, 0.15) is 21.7 Å². The maximum Gasteiger partial charge on any atom is 0.256 e. The summed E-state index contributed by atoms with van der Waals surface area (Å²) in [6.45, 7) is 2.00. The van der Waals surface area contributed by atoms with Crippen molar-refractivity contribution in [3.63, 3.8) is 0 Å². The van der Waals surface area contributed by atoms with Gasteiger partial charge in [0, 0.05) is 40.7 Å². The molecule has 9 nitrogen and oxygen atoms in total. The molecule has 0 aliphatic heterocycles. The first-order valence-electron chi connectivity index (χ1n) is 13.1. The van der Waals surface area contributed by atoms with E-state index in [1.807, 2.05) is 6.92 Å². The van der Waals surface area contributed by atoms with Gasteiger partial charge >= 0.3 is 0 Å². The van der Waals surface area contributed by atoms with Gasteiger partial charge in [-0.3, -0.25) is 14.2 Å². The number of imidazole rings is 1.